The molecule has 0 radical (unpaired) electrons. The number of aliphatic carboxylic acids is 1. The number of carbonyl (C=O) groups is 1. The van der Waals surface area contributed by atoms with Crippen molar-refractivity contribution in [2.45, 2.75) is 49.5 Å². The Kier molecular flexibility index (Phi) is 9.88. The number of fused-ring (bicyclic) bond motifs is 1. The minimum atomic E-state index is -0.729. The van der Waals surface area contributed by atoms with E-state index < -0.39 is 12.1 Å². The fraction of sp³-hybridized carbons (Fsp3) is 0.517. The van der Waals surface area contributed by atoms with Gasteiger partial charge in [-0.05, 0) is 98.7 Å². The maximum Gasteiger partial charge on any atom is 0.303 e. The molecule has 3 aromatic rings. The fourth-order valence-electron chi connectivity index (χ4n) is 5.51. The van der Waals surface area contributed by atoms with Gasteiger partial charge in [-0.25, -0.2) is 0 Å². The van der Waals surface area contributed by atoms with Crippen LogP contribution < -0.4 is 4.74 Å². The van der Waals surface area contributed by atoms with Gasteiger partial charge in [-0.1, -0.05) is 0 Å². The first-order valence-corrected chi connectivity index (χ1v) is 14.2. The Morgan fingerprint density at radius 1 is 1.24 bits per heavy atom. The fourth-order valence-corrected chi connectivity index (χ4v) is 6.42. The van der Waals surface area contributed by atoms with Crippen LogP contribution in [0.5, 0.6) is 5.75 Å². The second-order valence-electron chi connectivity index (χ2n) is 10.1. The largest absolute Gasteiger partial charge is 0.497 e. The number of aliphatic hydroxyl groups excluding tert-OH is 1. The van der Waals surface area contributed by atoms with E-state index in [0.29, 0.717) is 24.7 Å². The molecule has 1 aromatic carbocycles. The molecule has 1 fully saturated rings. The van der Waals surface area contributed by atoms with Crippen LogP contribution in [0, 0.1) is 11.8 Å². The second kappa shape index (κ2) is 13.3. The highest BCUT2D eigenvalue weighted by Gasteiger charge is 2.30. The summed E-state index contributed by atoms with van der Waals surface area (Å²) >= 11 is 1.89. The second-order valence-corrected chi connectivity index (χ2v) is 11.3. The predicted molar refractivity (Wildman–Crippen MR) is 148 cm³/mol. The lowest BCUT2D eigenvalue weighted by atomic mass is 9.79. The van der Waals surface area contributed by atoms with E-state index in [9.17, 15) is 15.0 Å². The number of nitrogens with zero attached hydrogens (tertiary/aromatic N) is 3. The SMILES string of the molecule is COc1ccc2nccc([C@@H](O)CCC3CCN(CCCSc4ccn(C)c4)CC3CCC(=O)O)c2c1. The van der Waals surface area contributed by atoms with Crippen LogP contribution in [-0.4, -0.2) is 63.1 Å². The summed E-state index contributed by atoms with van der Waals surface area (Å²) in [6.07, 6.45) is 9.99. The number of rotatable bonds is 13. The predicted octanol–water partition coefficient (Wildman–Crippen LogP) is 5.38. The van der Waals surface area contributed by atoms with Crippen molar-refractivity contribution in [3.8, 4) is 5.75 Å². The molecule has 0 spiro atoms. The summed E-state index contributed by atoms with van der Waals surface area (Å²) < 4.78 is 7.45. The molecular weight excluding hydrogens is 486 g/mol. The first kappa shape index (κ1) is 27.5. The van der Waals surface area contributed by atoms with E-state index in [1.54, 1.807) is 13.3 Å². The average molecular weight is 526 g/mol. The number of aliphatic hydroxyl groups is 1. The van der Waals surface area contributed by atoms with E-state index in [4.69, 9.17) is 4.74 Å². The Morgan fingerprint density at radius 3 is 2.86 bits per heavy atom. The lowest BCUT2D eigenvalue weighted by Crippen LogP contribution is -2.41. The topological polar surface area (TPSA) is 87.8 Å². The molecule has 4 rings (SSSR count). The van der Waals surface area contributed by atoms with Gasteiger partial charge >= 0.3 is 5.97 Å². The molecule has 37 heavy (non-hydrogen) atoms. The Hall–Kier alpha value is -2.55. The van der Waals surface area contributed by atoms with E-state index in [2.05, 4.69) is 32.9 Å². The summed E-state index contributed by atoms with van der Waals surface area (Å²) in [6, 6.07) is 9.78. The van der Waals surface area contributed by atoms with E-state index in [-0.39, 0.29) is 6.42 Å². The van der Waals surface area contributed by atoms with E-state index >= 15 is 0 Å². The molecule has 0 saturated carbocycles. The molecule has 7 nitrogen and oxygen atoms in total. The zero-order valence-corrected chi connectivity index (χ0v) is 22.7. The van der Waals surface area contributed by atoms with Crippen LogP contribution >= 0.6 is 11.8 Å². The molecule has 0 bridgehead atoms. The van der Waals surface area contributed by atoms with Crippen molar-refractivity contribution in [2.24, 2.45) is 18.9 Å². The number of benzene rings is 1. The number of carboxylic acids is 1. The summed E-state index contributed by atoms with van der Waals surface area (Å²) in [5, 5.41) is 21.4. The highest BCUT2D eigenvalue weighted by molar-refractivity contribution is 7.99. The number of hydrogen-bond acceptors (Lipinski definition) is 6. The molecule has 0 aliphatic carbocycles. The number of aryl methyl sites for hydroxylation is 1. The van der Waals surface area contributed by atoms with Gasteiger partial charge in [0.05, 0.1) is 18.7 Å². The Morgan fingerprint density at radius 2 is 2.11 bits per heavy atom. The van der Waals surface area contributed by atoms with Crippen LogP contribution in [0.2, 0.25) is 0 Å². The molecule has 2 N–H and O–H groups in total. The highest BCUT2D eigenvalue weighted by atomic mass is 32.2. The number of aromatic nitrogens is 2. The van der Waals surface area contributed by atoms with Crippen LogP contribution in [0.1, 0.15) is 50.2 Å². The molecule has 1 saturated heterocycles. The van der Waals surface area contributed by atoms with E-state index in [0.717, 1.165) is 66.9 Å². The standard InChI is InChI=1S/C29H39N3O4S/c1-31-15-12-24(20-31)37-17-3-14-32-16-11-21(22(19-32)5-9-29(34)35)4-8-28(33)25-10-13-30-27-7-6-23(36-2)18-26(25)27/h6-7,10,12-13,15,18,20-22,28,33H,3-5,8-9,11,14,16-17,19H2,1-2H3,(H,34,35)/t21?,22?,28-/m0/s1. The zero-order chi connectivity index (χ0) is 26.2. The normalized spacial score (nSPS) is 19.2. The number of carboxylic acid groups (broad SMARTS) is 1. The number of piperidine rings is 1. The van der Waals surface area contributed by atoms with Crippen molar-refractivity contribution in [2.75, 3.05) is 32.5 Å². The maximum atomic E-state index is 11.3. The lowest BCUT2D eigenvalue weighted by molar-refractivity contribution is -0.137. The van der Waals surface area contributed by atoms with Crippen molar-refractivity contribution in [3.63, 3.8) is 0 Å². The Labute approximate surface area is 223 Å². The first-order valence-electron chi connectivity index (χ1n) is 13.2. The van der Waals surface area contributed by atoms with Crippen molar-refractivity contribution in [1.29, 1.82) is 0 Å². The van der Waals surface area contributed by atoms with Crippen LogP contribution in [0.15, 0.2) is 53.8 Å². The first-order chi connectivity index (χ1) is 17.9. The van der Waals surface area contributed by atoms with Gasteiger partial charge in [-0.15, -0.1) is 11.8 Å². The van der Waals surface area contributed by atoms with Gasteiger partial charge in [0.1, 0.15) is 5.75 Å². The highest BCUT2D eigenvalue weighted by Crippen LogP contribution is 2.35. The van der Waals surface area contributed by atoms with Crippen LogP contribution in [0.4, 0.5) is 0 Å². The van der Waals surface area contributed by atoms with Crippen LogP contribution in [-0.2, 0) is 11.8 Å². The number of ether oxygens (including phenoxy) is 1. The Bertz CT molecular complexity index is 1170. The van der Waals surface area contributed by atoms with Gasteiger partial charge in [0.2, 0.25) is 0 Å². The zero-order valence-electron chi connectivity index (χ0n) is 21.9. The molecule has 1 aliphatic rings. The minimum absolute atomic E-state index is 0.205. The number of hydrogen-bond donors (Lipinski definition) is 2. The molecule has 2 unspecified atom stereocenters. The van der Waals surface area contributed by atoms with Crippen molar-refractivity contribution in [1.82, 2.24) is 14.5 Å². The third-order valence-electron chi connectivity index (χ3n) is 7.55. The summed E-state index contributed by atoms with van der Waals surface area (Å²) in [6.45, 7) is 3.03. The third kappa shape index (κ3) is 7.72. The van der Waals surface area contributed by atoms with Gasteiger partial charge in [0.25, 0.3) is 0 Å². The molecule has 1 aliphatic heterocycles. The smallest absolute Gasteiger partial charge is 0.303 e. The average Bonchev–Trinajstić information content (AvgIpc) is 3.33. The van der Waals surface area contributed by atoms with Crippen LogP contribution in [0.25, 0.3) is 10.9 Å². The minimum Gasteiger partial charge on any atom is -0.497 e. The monoisotopic (exact) mass is 525 g/mol. The summed E-state index contributed by atoms with van der Waals surface area (Å²) in [5.41, 5.74) is 1.72. The number of methoxy groups -OCH3 is 1. The van der Waals surface area contributed by atoms with Gasteiger partial charge < -0.3 is 24.4 Å². The van der Waals surface area contributed by atoms with Gasteiger partial charge in [0, 0.05) is 48.9 Å². The molecule has 0 amide bonds. The number of thioether (sulfide) groups is 1. The van der Waals surface area contributed by atoms with Gasteiger partial charge in [0.15, 0.2) is 0 Å². The van der Waals surface area contributed by atoms with Gasteiger partial charge in [-0.3, -0.25) is 9.78 Å². The van der Waals surface area contributed by atoms with Crippen molar-refractivity contribution < 1.29 is 19.7 Å². The number of likely N-dealkylation sites (tertiary alicyclic amines) is 1. The molecule has 8 heteroatoms. The summed E-state index contributed by atoms with van der Waals surface area (Å²) in [5.74, 6) is 1.87. The van der Waals surface area contributed by atoms with Crippen molar-refractivity contribution in [3.05, 3.63) is 54.5 Å². The lowest BCUT2D eigenvalue weighted by Gasteiger charge is -2.39. The van der Waals surface area contributed by atoms with E-state index in [1.165, 1.54) is 4.90 Å². The molecule has 3 atom stereocenters. The molecular formula is C29H39N3O4S. The molecule has 3 heterocycles. The summed E-state index contributed by atoms with van der Waals surface area (Å²) in [4.78, 5) is 19.6. The summed E-state index contributed by atoms with van der Waals surface area (Å²) in [7, 11) is 3.68. The van der Waals surface area contributed by atoms with E-state index in [1.807, 2.05) is 43.1 Å². The van der Waals surface area contributed by atoms with Crippen LogP contribution in [0.3, 0.4) is 0 Å². The maximum absolute atomic E-state index is 11.3. The number of pyridine rings is 1. The Balaban J connectivity index is 1.32. The van der Waals surface area contributed by atoms with Crippen molar-refractivity contribution >= 4 is 28.6 Å². The molecule has 2 aromatic heterocycles. The van der Waals surface area contributed by atoms with Gasteiger partial charge in [-0.2, -0.15) is 0 Å². The molecule has 200 valence electrons. The third-order valence-corrected chi connectivity index (χ3v) is 8.62. The quantitative estimate of drug-likeness (QED) is 0.229.